The van der Waals surface area contributed by atoms with Crippen LogP contribution in [0.4, 0.5) is 10.1 Å². The van der Waals surface area contributed by atoms with Crippen molar-refractivity contribution < 1.29 is 9.18 Å². The second-order valence-corrected chi connectivity index (χ2v) is 7.99. The number of halogens is 1. The van der Waals surface area contributed by atoms with E-state index in [1.807, 2.05) is 11.0 Å². The molecule has 0 aromatic heterocycles. The maximum absolute atomic E-state index is 13.0. The number of piperazine rings is 1. The third-order valence-electron chi connectivity index (χ3n) is 4.98. The second-order valence-electron chi connectivity index (χ2n) is 7.99. The van der Waals surface area contributed by atoms with Gasteiger partial charge in [0, 0.05) is 37.9 Å². The Kier molecular flexibility index (Phi) is 5.64. The van der Waals surface area contributed by atoms with Crippen LogP contribution in [-0.4, -0.2) is 37.0 Å². The molecule has 0 unspecified atom stereocenters. The van der Waals surface area contributed by atoms with E-state index < -0.39 is 0 Å². The van der Waals surface area contributed by atoms with Crippen molar-refractivity contribution in [3.05, 3.63) is 71.6 Å². The molecule has 1 fully saturated rings. The van der Waals surface area contributed by atoms with Crippen LogP contribution in [-0.2, 0) is 10.2 Å². The molecule has 1 aliphatic heterocycles. The number of benzene rings is 2. The fourth-order valence-electron chi connectivity index (χ4n) is 3.20. The van der Waals surface area contributed by atoms with Crippen molar-refractivity contribution in [2.45, 2.75) is 26.2 Å². The molecule has 0 N–H and O–H groups in total. The van der Waals surface area contributed by atoms with Gasteiger partial charge in [0.05, 0.1) is 0 Å². The Morgan fingerprint density at radius 1 is 0.926 bits per heavy atom. The van der Waals surface area contributed by atoms with E-state index >= 15 is 0 Å². The molecule has 3 rings (SSSR count). The van der Waals surface area contributed by atoms with Crippen LogP contribution in [0, 0.1) is 5.82 Å². The minimum Gasteiger partial charge on any atom is -0.368 e. The van der Waals surface area contributed by atoms with E-state index in [0.717, 1.165) is 24.3 Å². The Balaban J connectivity index is 1.54. The molecule has 0 spiro atoms. The standard InChI is InChI=1S/C23H27FN2O/c1-23(2,3)19-7-4-18(5-8-19)6-13-22(27)26-16-14-25(15-17-26)21-11-9-20(24)10-12-21/h4-13H,14-17H2,1-3H3/b13-6+. The Morgan fingerprint density at radius 2 is 1.52 bits per heavy atom. The monoisotopic (exact) mass is 366 g/mol. The van der Waals surface area contributed by atoms with Gasteiger partial charge in [-0.1, -0.05) is 45.0 Å². The molecule has 27 heavy (non-hydrogen) atoms. The highest BCUT2D eigenvalue weighted by atomic mass is 19.1. The van der Waals surface area contributed by atoms with Crippen molar-refractivity contribution in [2.75, 3.05) is 31.1 Å². The summed E-state index contributed by atoms with van der Waals surface area (Å²) < 4.78 is 13.0. The molecule has 4 heteroatoms. The van der Waals surface area contributed by atoms with Gasteiger partial charge in [0.2, 0.25) is 5.91 Å². The van der Waals surface area contributed by atoms with E-state index in [1.165, 1.54) is 17.7 Å². The van der Waals surface area contributed by atoms with E-state index in [-0.39, 0.29) is 17.1 Å². The van der Waals surface area contributed by atoms with Gasteiger partial charge in [-0.05, 0) is 46.9 Å². The largest absolute Gasteiger partial charge is 0.368 e. The van der Waals surface area contributed by atoms with Gasteiger partial charge in [-0.25, -0.2) is 4.39 Å². The number of hydrogen-bond donors (Lipinski definition) is 0. The van der Waals surface area contributed by atoms with Crippen LogP contribution in [0.15, 0.2) is 54.6 Å². The third kappa shape index (κ3) is 4.97. The lowest BCUT2D eigenvalue weighted by Crippen LogP contribution is -2.48. The topological polar surface area (TPSA) is 23.6 Å². The Hall–Kier alpha value is -2.62. The smallest absolute Gasteiger partial charge is 0.246 e. The van der Waals surface area contributed by atoms with Crippen LogP contribution in [0.25, 0.3) is 6.08 Å². The van der Waals surface area contributed by atoms with Crippen molar-refractivity contribution in [3.8, 4) is 0 Å². The average Bonchev–Trinajstić information content (AvgIpc) is 2.66. The summed E-state index contributed by atoms with van der Waals surface area (Å²) in [4.78, 5) is 16.5. The normalized spacial score (nSPS) is 15.4. The van der Waals surface area contributed by atoms with Gasteiger partial charge in [0.25, 0.3) is 0 Å². The molecule has 0 bridgehead atoms. The van der Waals surface area contributed by atoms with Crippen LogP contribution in [0.2, 0.25) is 0 Å². The Bertz CT molecular complexity index is 796. The lowest BCUT2D eigenvalue weighted by Gasteiger charge is -2.35. The van der Waals surface area contributed by atoms with Gasteiger partial charge < -0.3 is 9.80 Å². The first-order valence-corrected chi connectivity index (χ1v) is 9.41. The highest BCUT2D eigenvalue weighted by Gasteiger charge is 2.20. The van der Waals surface area contributed by atoms with Crippen LogP contribution in [0.3, 0.4) is 0 Å². The molecule has 0 atom stereocenters. The van der Waals surface area contributed by atoms with Crippen molar-refractivity contribution in [1.29, 1.82) is 0 Å². The molecular weight excluding hydrogens is 339 g/mol. The molecule has 1 aliphatic rings. The van der Waals surface area contributed by atoms with Gasteiger partial charge in [-0.3, -0.25) is 4.79 Å². The maximum Gasteiger partial charge on any atom is 0.246 e. The molecule has 1 amide bonds. The van der Waals surface area contributed by atoms with Crippen LogP contribution in [0.1, 0.15) is 31.9 Å². The van der Waals surface area contributed by atoms with E-state index in [4.69, 9.17) is 0 Å². The summed E-state index contributed by atoms with van der Waals surface area (Å²) in [5, 5.41) is 0. The quantitative estimate of drug-likeness (QED) is 0.748. The van der Waals surface area contributed by atoms with Gasteiger partial charge in [-0.15, -0.1) is 0 Å². The summed E-state index contributed by atoms with van der Waals surface area (Å²) in [6.07, 6.45) is 3.53. The highest BCUT2D eigenvalue weighted by molar-refractivity contribution is 5.92. The van der Waals surface area contributed by atoms with Crippen molar-refractivity contribution in [1.82, 2.24) is 4.90 Å². The molecule has 2 aromatic carbocycles. The molecule has 3 nitrogen and oxygen atoms in total. The molecule has 0 radical (unpaired) electrons. The summed E-state index contributed by atoms with van der Waals surface area (Å²) in [7, 11) is 0. The fourth-order valence-corrected chi connectivity index (χ4v) is 3.20. The van der Waals surface area contributed by atoms with Gasteiger partial charge in [0.1, 0.15) is 5.82 Å². The summed E-state index contributed by atoms with van der Waals surface area (Å²) in [6.45, 7) is 9.41. The number of carbonyl (C=O) groups excluding carboxylic acids is 1. The zero-order valence-corrected chi connectivity index (χ0v) is 16.3. The first-order chi connectivity index (χ1) is 12.8. The second kappa shape index (κ2) is 7.95. The molecule has 142 valence electrons. The van der Waals surface area contributed by atoms with E-state index in [0.29, 0.717) is 13.1 Å². The summed E-state index contributed by atoms with van der Waals surface area (Å²) in [5.41, 5.74) is 3.43. The molecular formula is C23H27FN2O. The average molecular weight is 366 g/mol. The minimum atomic E-state index is -0.228. The number of rotatable bonds is 3. The first-order valence-electron chi connectivity index (χ1n) is 9.41. The van der Waals surface area contributed by atoms with Crippen LogP contribution >= 0.6 is 0 Å². The van der Waals surface area contributed by atoms with Crippen molar-refractivity contribution in [3.63, 3.8) is 0 Å². The highest BCUT2D eigenvalue weighted by Crippen LogP contribution is 2.22. The zero-order valence-electron chi connectivity index (χ0n) is 16.3. The predicted octanol–water partition coefficient (Wildman–Crippen LogP) is 4.49. The van der Waals surface area contributed by atoms with Crippen LogP contribution < -0.4 is 4.90 Å². The third-order valence-corrected chi connectivity index (χ3v) is 4.98. The molecule has 1 heterocycles. The Morgan fingerprint density at radius 3 is 2.07 bits per heavy atom. The van der Waals surface area contributed by atoms with Gasteiger partial charge >= 0.3 is 0 Å². The molecule has 0 saturated carbocycles. The van der Waals surface area contributed by atoms with Crippen molar-refractivity contribution in [2.24, 2.45) is 0 Å². The maximum atomic E-state index is 13.0. The SMILES string of the molecule is CC(C)(C)c1ccc(/C=C/C(=O)N2CCN(c3ccc(F)cc3)CC2)cc1. The number of nitrogens with zero attached hydrogens (tertiary/aromatic N) is 2. The fraction of sp³-hybridized carbons (Fsp3) is 0.348. The van der Waals surface area contributed by atoms with E-state index in [1.54, 1.807) is 18.2 Å². The lowest BCUT2D eigenvalue weighted by atomic mass is 9.87. The zero-order chi connectivity index (χ0) is 19.4. The van der Waals surface area contributed by atoms with Crippen LogP contribution in [0.5, 0.6) is 0 Å². The molecule has 2 aromatic rings. The van der Waals surface area contributed by atoms with Gasteiger partial charge in [0.15, 0.2) is 0 Å². The lowest BCUT2D eigenvalue weighted by molar-refractivity contribution is -0.126. The number of amides is 1. The minimum absolute atomic E-state index is 0.0358. The number of carbonyl (C=O) groups is 1. The predicted molar refractivity (Wildman–Crippen MR) is 109 cm³/mol. The van der Waals surface area contributed by atoms with E-state index in [9.17, 15) is 9.18 Å². The number of anilines is 1. The summed E-state index contributed by atoms with van der Waals surface area (Å²) in [6, 6.07) is 14.9. The first kappa shape index (κ1) is 19.2. The van der Waals surface area contributed by atoms with Crippen molar-refractivity contribution >= 4 is 17.7 Å². The molecule has 1 saturated heterocycles. The summed E-state index contributed by atoms with van der Waals surface area (Å²) in [5.74, 6) is -0.193. The molecule has 0 aliphatic carbocycles. The Labute approximate surface area is 161 Å². The van der Waals surface area contributed by atoms with E-state index in [2.05, 4.69) is 49.9 Å². The van der Waals surface area contributed by atoms with Gasteiger partial charge in [-0.2, -0.15) is 0 Å². The number of hydrogen-bond acceptors (Lipinski definition) is 2. The summed E-state index contributed by atoms with van der Waals surface area (Å²) >= 11 is 0.